The second-order valence-electron chi connectivity index (χ2n) is 7.57. The maximum Gasteiger partial charge on any atom is 0.260 e. The van der Waals surface area contributed by atoms with Crippen LogP contribution < -0.4 is 14.4 Å². The molecule has 1 amide bonds. The molecular weight excluding hydrogens is 398 g/mol. The molecule has 0 aliphatic rings. The molecule has 0 N–H and O–H groups in total. The highest BCUT2D eigenvalue weighted by Crippen LogP contribution is 2.33. The van der Waals surface area contributed by atoms with Gasteiger partial charge in [0.05, 0.1) is 24.4 Å². The lowest BCUT2D eigenvalue weighted by atomic mass is 10.1. The van der Waals surface area contributed by atoms with Crippen molar-refractivity contribution in [1.29, 1.82) is 0 Å². The van der Waals surface area contributed by atoms with E-state index in [4.69, 9.17) is 14.5 Å². The molecule has 7 heteroatoms. The fourth-order valence-electron chi connectivity index (χ4n) is 3.25. The number of amides is 1. The molecule has 1 heterocycles. The van der Waals surface area contributed by atoms with E-state index in [2.05, 4.69) is 30.9 Å². The first-order chi connectivity index (χ1) is 14.3. The molecule has 3 rings (SSSR count). The summed E-state index contributed by atoms with van der Waals surface area (Å²) in [4.78, 5) is 22.3. The van der Waals surface area contributed by atoms with Gasteiger partial charge in [-0.1, -0.05) is 17.4 Å². The number of carbonyl (C=O) groups is 1. The number of thiazole rings is 1. The quantitative estimate of drug-likeness (QED) is 0.529. The molecule has 0 aliphatic carbocycles. The summed E-state index contributed by atoms with van der Waals surface area (Å²) in [6.07, 6.45) is 0.841. The first-order valence-electron chi connectivity index (χ1n) is 9.90. The van der Waals surface area contributed by atoms with Crippen LogP contribution in [0.1, 0.15) is 27.9 Å². The summed E-state index contributed by atoms with van der Waals surface area (Å²) >= 11 is 1.55. The Kier molecular flexibility index (Phi) is 6.95. The zero-order chi connectivity index (χ0) is 21.8. The summed E-state index contributed by atoms with van der Waals surface area (Å²) in [5.41, 5.74) is 3.83. The molecule has 0 bridgehead atoms. The predicted octanol–water partition coefficient (Wildman–Crippen LogP) is 4.53. The van der Waals surface area contributed by atoms with Crippen molar-refractivity contribution in [3.63, 3.8) is 0 Å². The van der Waals surface area contributed by atoms with Crippen molar-refractivity contribution in [2.45, 2.75) is 20.3 Å². The Morgan fingerprint density at radius 2 is 1.70 bits per heavy atom. The van der Waals surface area contributed by atoms with Crippen LogP contribution in [0.5, 0.6) is 11.5 Å². The van der Waals surface area contributed by atoms with Crippen LogP contribution in [0.4, 0.5) is 5.13 Å². The van der Waals surface area contributed by atoms with Crippen LogP contribution in [0.25, 0.3) is 10.2 Å². The van der Waals surface area contributed by atoms with Crippen molar-refractivity contribution in [3.05, 3.63) is 47.0 Å². The summed E-state index contributed by atoms with van der Waals surface area (Å²) in [5.74, 6) is 1.06. The molecule has 2 aromatic carbocycles. The molecule has 30 heavy (non-hydrogen) atoms. The topological polar surface area (TPSA) is 54.9 Å². The lowest BCUT2D eigenvalue weighted by Gasteiger charge is -2.21. The van der Waals surface area contributed by atoms with Crippen LogP contribution in [0, 0.1) is 13.8 Å². The molecule has 0 atom stereocenters. The van der Waals surface area contributed by atoms with Crippen molar-refractivity contribution in [2.75, 3.05) is 46.3 Å². The van der Waals surface area contributed by atoms with E-state index >= 15 is 0 Å². The lowest BCUT2D eigenvalue weighted by molar-refractivity contribution is 0.0985. The molecule has 0 radical (unpaired) electrons. The number of benzene rings is 2. The zero-order valence-electron chi connectivity index (χ0n) is 18.5. The van der Waals surface area contributed by atoms with Gasteiger partial charge in [0.25, 0.3) is 5.91 Å². The van der Waals surface area contributed by atoms with Crippen LogP contribution in [-0.2, 0) is 0 Å². The fourth-order valence-corrected chi connectivity index (χ4v) is 4.30. The minimum Gasteiger partial charge on any atom is -0.497 e. The van der Waals surface area contributed by atoms with Crippen molar-refractivity contribution in [1.82, 2.24) is 9.88 Å². The van der Waals surface area contributed by atoms with Gasteiger partial charge in [-0.05, 0) is 70.2 Å². The second kappa shape index (κ2) is 9.45. The van der Waals surface area contributed by atoms with Crippen molar-refractivity contribution in [2.24, 2.45) is 0 Å². The Hall–Kier alpha value is -2.64. The number of rotatable bonds is 8. The number of aromatic nitrogens is 1. The number of ether oxygens (including phenoxy) is 2. The van der Waals surface area contributed by atoms with Gasteiger partial charge in [-0.25, -0.2) is 4.98 Å². The number of hydrogen-bond acceptors (Lipinski definition) is 6. The second-order valence-corrected chi connectivity index (χ2v) is 8.57. The summed E-state index contributed by atoms with van der Waals surface area (Å²) in [5, 5.41) is 0.712. The molecule has 0 spiro atoms. The Bertz CT molecular complexity index is 1020. The van der Waals surface area contributed by atoms with E-state index in [9.17, 15) is 4.79 Å². The molecule has 6 nitrogen and oxygen atoms in total. The van der Waals surface area contributed by atoms with Gasteiger partial charge in [-0.2, -0.15) is 0 Å². The van der Waals surface area contributed by atoms with Gasteiger partial charge >= 0.3 is 0 Å². The number of methoxy groups -OCH3 is 2. The molecule has 0 fully saturated rings. The summed E-state index contributed by atoms with van der Waals surface area (Å²) in [7, 11) is 7.22. The molecule has 0 saturated carbocycles. The Morgan fingerprint density at radius 1 is 1.03 bits per heavy atom. The molecule has 0 unspecified atom stereocenters. The average Bonchev–Trinajstić information content (AvgIpc) is 3.17. The number of anilines is 1. The van der Waals surface area contributed by atoms with E-state index in [-0.39, 0.29) is 5.91 Å². The van der Waals surface area contributed by atoms with Gasteiger partial charge in [0.2, 0.25) is 0 Å². The van der Waals surface area contributed by atoms with Crippen LogP contribution in [0.3, 0.4) is 0 Å². The molecule has 0 aliphatic heterocycles. The normalized spacial score (nSPS) is 11.2. The van der Waals surface area contributed by atoms with Gasteiger partial charge in [-0.15, -0.1) is 0 Å². The number of carbonyl (C=O) groups excluding carboxylic acids is 1. The standard InChI is InChI=1S/C23H29N3O3S/c1-15-8-9-20-21(16(15)2)24-23(30-20)26(11-7-10-25(3)4)22(27)17-12-18(28-5)14-19(13-17)29-6/h8-9,12-14H,7,10-11H2,1-6H3. The van der Waals surface area contributed by atoms with Gasteiger partial charge in [0.15, 0.2) is 5.13 Å². The maximum atomic E-state index is 13.6. The fraction of sp³-hybridized carbons (Fsp3) is 0.391. The summed E-state index contributed by atoms with van der Waals surface area (Å²) in [6.45, 7) is 5.62. The molecule has 3 aromatic rings. The third kappa shape index (κ3) is 4.74. The first-order valence-corrected chi connectivity index (χ1v) is 10.7. The highest BCUT2D eigenvalue weighted by Gasteiger charge is 2.23. The number of aryl methyl sites for hydroxylation is 2. The Morgan fingerprint density at radius 3 is 2.30 bits per heavy atom. The van der Waals surface area contributed by atoms with Gasteiger partial charge in [-0.3, -0.25) is 9.69 Å². The zero-order valence-corrected chi connectivity index (χ0v) is 19.3. The number of hydrogen-bond donors (Lipinski definition) is 0. The largest absolute Gasteiger partial charge is 0.497 e. The van der Waals surface area contributed by atoms with Gasteiger partial charge < -0.3 is 14.4 Å². The Balaban J connectivity index is 2.02. The Labute approximate surface area is 182 Å². The number of nitrogens with zero attached hydrogens (tertiary/aromatic N) is 3. The first kappa shape index (κ1) is 22.1. The minimum absolute atomic E-state index is 0.112. The van der Waals surface area contributed by atoms with E-state index < -0.39 is 0 Å². The lowest BCUT2D eigenvalue weighted by Crippen LogP contribution is -2.33. The number of fused-ring (bicyclic) bond motifs is 1. The molecule has 1 aromatic heterocycles. The third-order valence-electron chi connectivity index (χ3n) is 5.14. The molecule has 160 valence electrons. The van der Waals surface area contributed by atoms with Gasteiger partial charge in [0.1, 0.15) is 11.5 Å². The van der Waals surface area contributed by atoms with Crippen molar-refractivity contribution in [3.8, 4) is 11.5 Å². The highest BCUT2D eigenvalue weighted by molar-refractivity contribution is 7.22. The third-order valence-corrected chi connectivity index (χ3v) is 6.18. The highest BCUT2D eigenvalue weighted by atomic mass is 32.1. The van der Waals surface area contributed by atoms with Gasteiger partial charge in [0, 0.05) is 18.2 Å². The van der Waals surface area contributed by atoms with Crippen LogP contribution in [-0.4, -0.2) is 57.2 Å². The van der Waals surface area contributed by atoms with Crippen LogP contribution >= 0.6 is 11.3 Å². The predicted molar refractivity (Wildman–Crippen MR) is 123 cm³/mol. The van der Waals surface area contributed by atoms with Crippen LogP contribution in [0.2, 0.25) is 0 Å². The smallest absolute Gasteiger partial charge is 0.260 e. The summed E-state index contributed by atoms with van der Waals surface area (Å²) in [6, 6.07) is 9.43. The monoisotopic (exact) mass is 427 g/mol. The van der Waals surface area contributed by atoms with E-state index in [1.54, 1.807) is 48.7 Å². The van der Waals surface area contributed by atoms with E-state index in [0.717, 1.165) is 28.7 Å². The SMILES string of the molecule is COc1cc(OC)cc(C(=O)N(CCCN(C)C)c2nc3c(C)c(C)ccc3s2)c1. The minimum atomic E-state index is -0.112. The van der Waals surface area contributed by atoms with Crippen molar-refractivity contribution >= 4 is 32.6 Å². The van der Waals surface area contributed by atoms with E-state index in [1.165, 1.54) is 5.56 Å². The molecule has 0 saturated heterocycles. The molecular formula is C23H29N3O3S. The van der Waals surface area contributed by atoms with Crippen LogP contribution in [0.15, 0.2) is 30.3 Å². The summed E-state index contributed by atoms with van der Waals surface area (Å²) < 4.78 is 11.8. The average molecular weight is 428 g/mol. The van der Waals surface area contributed by atoms with Crippen molar-refractivity contribution < 1.29 is 14.3 Å². The van der Waals surface area contributed by atoms with E-state index in [1.807, 2.05) is 14.1 Å². The van der Waals surface area contributed by atoms with E-state index in [0.29, 0.717) is 28.7 Å². The maximum absolute atomic E-state index is 13.6.